The summed E-state index contributed by atoms with van der Waals surface area (Å²) in [6, 6.07) is -5.35. The Morgan fingerprint density at radius 3 is 1.59 bits per heavy atom. The van der Waals surface area contributed by atoms with E-state index in [2.05, 4.69) is 16.0 Å². The number of ether oxygens (including phenoxy) is 6. The average molecular weight is 966 g/mol. The fraction of sp³-hybridized carbons (Fsp3) is 0.833. The first kappa shape index (κ1) is 56.6. The fourth-order valence-electron chi connectivity index (χ4n) is 7.55. The van der Waals surface area contributed by atoms with E-state index in [0.29, 0.717) is 0 Å². The fourth-order valence-corrected chi connectivity index (χ4v) is 7.55. The number of carbonyl (C=O) groups excluding carboxylic acids is 4. The van der Waals surface area contributed by atoms with Gasteiger partial charge in [0.1, 0.15) is 91.7 Å². The van der Waals surface area contributed by atoms with Gasteiger partial charge in [-0.25, -0.2) is 9.59 Å². The Kier molecular flexibility index (Phi) is 20.6. The number of carbonyl (C=O) groups is 6. The van der Waals surface area contributed by atoms with Gasteiger partial charge < -0.3 is 126 Å². The maximum absolute atomic E-state index is 12.9. The quantitative estimate of drug-likeness (QED) is 0.0423. The zero-order valence-corrected chi connectivity index (χ0v) is 35.4. The third kappa shape index (κ3) is 13.1. The number of hydrogen-bond acceptors (Lipinski definition) is 25. The highest BCUT2D eigenvalue weighted by Gasteiger charge is 2.60. The smallest absolute Gasteiger partial charge is 0.364 e. The number of aliphatic hydroxyl groups excluding tert-OH is 13. The molecule has 30 heteroatoms. The van der Waals surface area contributed by atoms with Gasteiger partial charge in [0.05, 0.1) is 50.7 Å². The Morgan fingerprint density at radius 2 is 1.18 bits per heavy atom. The Bertz CT molecular complexity index is 1670. The first-order valence-electron chi connectivity index (χ1n) is 20.1. The first-order valence-corrected chi connectivity index (χ1v) is 20.1. The molecule has 3 saturated heterocycles. The number of carboxylic acid groups (broad SMARTS) is 2. The van der Waals surface area contributed by atoms with Crippen LogP contribution < -0.4 is 16.0 Å². The van der Waals surface area contributed by atoms with Crippen LogP contribution in [0, 0.1) is 0 Å². The Morgan fingerprint density at radius 1 is 0.712 bits per heavy atom. The van der Waals surface area contributed by atoms with Crippen LogP contribution >= 0.6 is 0 Å². The van der Waals surface area contributed by atoms with Crippen LogP contribution in [0.5, 0.6) is 0 Å². The molecule has 3 aliphatic rings. The summed E-state index contributed by atoms with van der Waals surface area (Å²) < 4.78 is 33.0. The van der Waals surface area contributed by atoms with Crippen molar-refractivity contribution in [3.05, 3.63) is 0 Å². The van der Waals surface area contributed by atoms with Gasteiger partial charge in [0.2, 0.25) is 17.7 Å². The van der Waals surface area contributed by atoms with Crippen molar-refractivity contribution >= 4 is 35.9 Å². The summed E-state index contributed by atoms with van der Waals surface area (Å²) in [5.74, 6) is -13.1. The number of nitrogens with one attached hydrogen (secondary N) is 3. The second-order valence-corrected chi connectivity index (χ2v) is 15.9. The van der Waals surface area contributed by atoms with Crippen molar-refractivity contribution < 1.29 is 134 Å². The largest absolute Gasteiger partial charge is 0.477 e. The standard InChI is InChI=1S/C36H59N3O27/c1-11(44)37-14(6-40)28(25(54)19(51)10-61-35(33(57)58)4-15(47)21(38-12(2)45)29(64-35)23(52)17(49)7-41)63-32-27(56)31(26(55)20(9-43)62-32)66-36(34(59)60)5-16(48)22(39-13(3)46)30(65-36)24(53)18(50)8-42/h6,14-32,41-43,47-56H,4-5,7-10H2,1-3H3,(H,37,44)(H,38,45)(H,39,46)(H,57,58)(H,59,60)/t14-,15-,16-,17+,18+,19+,20+,21+,22+,23+,24+,25-,26-,27+,28+,29+,30+,31-,32-,35+,36-/m0/s1. The first-order chi connectivity index (χ1) is 30.7. The summed E-state index contributed by atoms with van der Waals surface area (Å²) in [5, 5.41) is 165. The summed E-state index contributed by atoms with van der Waals surface area (Å²) in [5.41, 5.74) is 0. The minimum Gasteiger partial charge on any atom is -0.477 e. The molecule has 66 heavy (non-hydrogen) atoms. The van der Waals surface area contributed by atoms with E-state index < -0.39 is 196 Å². The number of rotatable bonds is 23. The molecule has 0 aliphatic carbocycles. The van der Waals surface area contributed by atoms with Crippen molar-refractivity contribution in [2.75, 3.05) is 26.4 Å². The predicted molar refractivity (Wildman–Crippen MR) is 204 cm³/mol. The van der Waals surface area contributed by atoms with E-state index in [1.165, 1.54) is 0 Å². The van der Waals surface area contributed by atoms with Crippen LogP contribution in [0.25, 0.3) is 0 Å². The minimum atomic E-state index is -3.24. The van der Waals surface area contributed by atoms with Crippen LogP contribution in [0.15, 0.2) is 0 Å². The van der Waals surface area contributed by atoms with Gasteiger partial charge in [-0.3, -0.25) is 14.4 Å². The van der Waals surface area contributed by atoms with Gasteiger partial charge in [-0.2, -0.15) is 0 Å². The van der Waals surface area contributed by atoms with Crippen molar-refractivity contribution in [2.45, 2.75) is 161 Å². The Hall–Kier alpha value is -3.74. The number of aldehydes is 1. The van der Waals surface area contributed by atoms with Crippen LogP contribution in [0.2, 0.25) is 0 Å². The summed E-state index contributed by atoms with van der Waals surface area (Å²) >= 11 is 0. The molecule has 21 atom stereocenters. The number of amides is 3. The zero-order valence-electron chi connectivity index (χ0n) is 35.4. The molecule has 3 rings (SSSR count). The van der Waals surface area contributed by atoms with E-state index in [1.807, 2.05) is 0 Å². The van der Waals surface area contributed by atoms with Crippen LogP contribution in [0.4, 0.5) is 0 Å². The topological polar surface area (TPSA) is 497 Å². The molecule has 0 saturated carbocycles. The van der Waals surface area contributed by atoms with Crippen molar-refractivity contribution in [3.8, 4) is 0 Å². The van der Waals surface area contributed by atoms with E-state index in [0.717, 1.165) is 20.8 Å². The molecular weight excluding hydrogens is 906 g/mol. The van der Waals surface area contributed by atoms with Crippen LogP contribution in [-0.2, 0) is 57.2 Å². The van der Waals surface area contributed by atoms with E-state index in [-0.39, 0.29) is 6.29 Å². The van der Waals surface area contributed by atoms with E-state index in [1.54, 1.807) is 0 Å². The van der Waals surface area contributed by atoms with Gasteiger partial charge in [-0.15, -0.1) is 0 Å². The van der Waals surface area contributed by atoms with Gasteiger partial charge >= 0.3 is 11.9 Å². The molecule has 3 amide bonds. The third-order valence-corrected chi connectivity index (χ3v) is 10.9. The van der Waals surface area contributed by atoms with E-state index in [9.17, 15) is 105 Å². The molecule has 0 aromatic heterocycles. The number of carboxylic acids is 2. The lowest BCUT2D eigenvalue weighted by Crippen LogP contribution is -2.70. The van der Waals surface area contributed by atoms with Gasteiger partial charge in [0.15, 0.2) is 6.29 Å². The van der Waals surface area contributed by atoms with Crippen LogP contribution in [0.1, 0.15) is 33.6 Å². The normalized spacial score (nSPS) is 36.3. The van der Waals surface area contributed by atoms with Crippen molar-refractivity contribution in [1.29, 1.82) is 0 Å². The number of hydrogen-bond donors (Lipinski definition) is 18. The molecule has 380 valence electrons. The maximum Gasteiger partial charge on any atom is 0.364 e. The van der Waals surface area contributed by atoms with Gasteiger partial charge in [-0.05, 0) is 0 Å². The lowest BCUT2D eigenvalue weighted by atomic mass is 9.88. The highest BCUT2D eigenvalue weighted by Crippen LogP contribution is 2.38. The maximum atomic E-state index is 12.9. The van der Waals surface area contributed by atoms with Gasteiger partial charge in [0.25, 0.3) is 11.6 Å². The lowest BCUT2D eigenvalue weighted by Gasteiger charge is -2.50. The van der Waals surface area contributed by atoms with E-state index in [4.69, 9.17) is 28.4 Å². The molecule has 3 heterocycles. The van der Waals surface area contributed by atoms with E-state index >= 15 is 0 Å². The minimum absolute atomic E-state index is 0.0567. The molecule has 0 aromatic carbocycles. The van der Waals surface area contributed by atoms with Crippen LogP contribution in [0.3, 0.4) is 0 Å². The van der Waals surface area contributed by atoms with Crippen molar-refractivity contribution in [2.24, 2.45) is 0 Å². The molecule has 3 fully saturated rings. The molecule has 0 spiro atoms. The lowest BCUT2D eigenvalue weighted by molar-refractivity contribution is -0.375. The van der Waals surface area contributed by atoms with Crippen molar-refractivity contribution in [1.82, 2.24) is 16.0 Å². The molecule has 30 nitrogen and oxygen atoms in total. The summed E-state index contributed by atoms with van der Waals surface area (Å²) in [6.07, 6.45) is -37.8. The highest BCUT2D eigenvalue weighted by atomic mass is 16.8. The third-order valence-electron chi connectivity index (χ3n) is 10.9. The second kappa shape index (κ2) is 24.0. The predicted octanol–water partition coefficient (Wildman–Crippen LogP) is -11.1. The molecule has 0 radical (unpaired) electrons. The molecular formula is C36H59N3O27. The monoisotopic (exact) mass is 965 g/mol. The zero-order chi connectivity index (χ0) is 50.2. The molecule has 0 bridgehead atoms. The molecule has 18 N–H and O–H groups in total. The Labute approximate surface area is 373 Å². The highest BCUT2D eigenvalue weighted by molar-refractivity contribution is 5.78. The SMILES string of the molecule is CC(=O)N[C@H]1[C@H]([C@H](O)[C@H](O)CO)O[C@@](OC[C@@H](O)[C@H](O)[C@H](O[C@@H]2O[C@H](CO)[C@H](O)[C@H](O[C@]3(C(=O)O)C[C@H](O)[C@@H](NC(C)=O)[C@H]([C@H](O)[C@H](O)CO)O3)[C@H]2O)[C@H](C=O)NC(C)=O)(C(=O)O)C[C@@H]1O. The molecule has 3 aliphatic heterocycles. The second-order valence-electron chi connectivity index (χ2n) is 15.9. The average Bonchev–Trinajstić information content (AvgIpc) is 3.25. The van der Waals surface area contributed by atoms with Crippen molar-refractivity contribution in [3.63, 3.8) is 0 Å². The van der Waals surface area contributed by atoms with Gasteiger partial charge in [-0.1, -0.05) is 0 Å². The molecule has 0 aromatic rings. The summed E-state index contributed by atoms with van der Waals surface area (Å²) in [6.45, 7) is -1.98. The van der Waals surface area contributed by atoms with Gasteiger partial charge in [0, 0.05) is 33.6 Å². The van der Waals surface area contributed by atoms with Crippen LogP contribution in [-0.4, -0.2) is 267 Å². The number of aliphatic carboxylic acids is 2. The number of aliphatic hydroxyl groups is 13. The molecule has 0 unspecified atom stereocenters. The summed E-state index contributed by atoms with van der Waals surface area (Å²) in [4.78, 5) is 73.8. The summed E-state index contributed by atoms with van der Waals surface area (Å²) in [7, 11) is 0. The Balaban J connectivity index is 2.01.